The van der Waals surface area contributed by atoms with Crippen molar-refractivity contribution in [1.29, 1.82) is 0 Å². The molecular weight excluding hydrogens is 188 g/mol. The topological polar surface area (TPSA) is 32.3 Å². The normalized spacial score (nSPS) is 13.3. The smallest absolute Gasteiger partial charge is 0.221 e. The van der Waals surface area contributed by atoms with E-state index in [-0.39, 0.29) is 11.9 Å². The highest BCUT2D eigenvalue weighted by atomic mass is 16.1. The Labute approximate surface area is 94.2 Å². The van der Waals surface area contributed by atoms with Crippen LogP contribution in [0.25, 0.3) is 0 Å². The second-order valence-electron chi connectivity index (χ2n) is 4.65. The molecule has 0 saturated carbocycles. The van der Waals surface area contributed by atoms with Crippen LogP contribution >= 0.6 is 0 Å². The van der Waals surface area contributed by atoms with Gasteiger partial charge in [0.15, 0.2) is 0 Å². The Kier molecular flexibility index (Phi) is 7.39. The number of nitrogens with zero attached hydrogens (tertiary/aromatic N) is 1. The van der Waals surface area contributed by atoms with E-state index in [9.17, 15) is 4.79 Å². The molecule has 0 rings (SSSR count). The lowest BCUT2D eigenvalue weighted by atomic mass is 10.1. The van der Waals surface area contributed by atoms with Crippen LogP contribution < -0.4 is 5.32 Å². The van der Waals surface area contributed by atoms with Crippen molar-refractivity contribution in [2.75, 3.05) is 20.1 Å². The first kappa shape index (κ1) is 14.4. The van der Waals surface area contributed by atoms with E-state index in [1.54, 1.807) is 0 Å². The lowest BCUT2D eigenvalue weighted by molar-refractivity contribution is -0.122. The van der Waals surface area contributed by atoms with E-state index >= 15 is 0 Å². The minimum Gasteiger partial charge on any atom is -0.353 e. The molecule has 0 bridgehead atoms. The van der Waals surface area contributed by atoms with Crippen molar-refractivity contribution in [1.82, 2.24) is 10.2 Å². The maximum absolute atomic E-state index is 11.5. The summed E-state index contributed by atoms with van der Waals surface area (Å²) in [6.07, 6.45) is 1.74. The lowest BCUT2D eigenvalue weighted by Gasteiger charge is -2.19. The highest BCUT2D eigenvalue weighted by molar-refractivity contribution is 5.76. The van der Waals surface area contributed by atoms with Gasteiger partial charge in [-0.1, -0.05) is 20.8 Å². The summed E-state index contributed by atoms with van der Waals surface area (Å²) in [5.41, 5.74) is 0. The first-order valence-corrected chi connectivity index (χ1v) is 5.95. The third kappa shape index (κ3) is 7.37. The summed E-state index contributed by atoms with van der Waals surface area (Å²) in [4.78, 5) is 13.7. The molecule has 90 valence electrons. The Bertz CT molecular complexity index is 180. The molecule has 0 aromatic heterocycles. The average molecular weight is 214 g/mol. The lowest BCUT2D eigenvalue weighted by Crippen LogP contribution is -2.37. The van der Waals surface area contributed by atoms with Crippen LogP contribution in [0.4, 0.5) is 0 Å². The molecule has 0 heterocycles. The van der Waals surface area contributed by atoms with E-state index in [1.165, 1.54) is 0 Å². The van der Waals surface area contributed by atoms with Gasteiger partial charge in [-0.05, 0) is 32.9 Å². The summed E-state index contributed by atoms with van der Waals surface area (Å²) >= 11 is 0. The van der Waals surface area contributed by atoms with E-state index in [2.05, 4.69) is 45.0 Å². The van der Waals surface area contributed by atoms with Crippen molar-refractivity contribution in [2.45, 2.75) is 46.6 Å². The van der Waals surface area contributed by atoms with E-state index < -0.39 is 0 Å². The zero-order valence-electron chi connectivity index (χ0n) is 10.8. The molecule has 0 aliphatic heterocycles. The van der Waals surface area contributed by atoms with Gasteiger partial charge < -0.3 is 10.2 Å². The van der Waals surface area contributed by atoms with Crippen molar-refractivity contribution in [3.05, 3.63) is 0 Å². The van der Waals surface area contributed by atoms with Gasteiger partial charge in [0.1, 0.15) is 0 Å². The number of rotatable bonds is 7. The number of carbonyl (C=O) groups is 1. The fourth-order valence-corrected chi connectivity index (χ4v) is 1.28. The Morgan fingerprint density at radius 1 is 1.27 bits per heavy atom. The predicted molar refractivity (Wildman–Crippen MR) is 64.8 cm³/mol. The molecule has 1 amide bonds. The molecule has 3 nitrogen and oxygen atoms in total. The summed E-state index contributed by atoms with van der Waals surface area (Å²) in [6, 6.07) is 0.272. The maximum atomic E-state index is 11.5. The quantitative estimate of drug-likeness (QED) is 0.702. The number of carbonyl (C=O) groups excluding carboxylic acids is 1. The van der Waals surface area contributed by atoms with Crippen LogP contribution in [0.5, 0.6) is 0 Å². The van der Waals surface area contributed by atoms with Crippen molar-refractivity contribution >= 4 is 5.91 Å². The van der Waals surface area contributed by atoms with Crippen molar-refractivity contribution in [2.24, 2.45) is 5.92 Å². The molecule has 3 heteroatoms. The standard InChI is InChI=1S/C12H26N2O/c1-6-8-14(5)9-7-12(15)13-11(4)10(2)3/h10-11H,6-9H2,1-5H3,(H,13,15). The van der Waals surface area contributed by atoms with Gasteiger partial charge in [-0.3, -0.25) is 4.79 Å². The summed E-state index contributed by atoms with van der Waals surface area (Å²) in [5, 5.41) is 3.01. The highest BCUT2D eigenvalue weighted by Crippen LogP contribution is 2.00. The van der Waals surface area contributed by atoms with Gasteiger partial charge in [-0.2, -0.15) is 0 Å². The fraction of sp³-hybridized carbons (Fsp3) is 0.917. The molecule has 0 aliphatic rings. The number of nitrogens with one attached hydrogen (secondary N) is 1. The van der Waals surface area contributed by atoms with Gasteiger partial charge >= 0.3 is 0 Å². The number of hydrogen-bond acceptors (Lipinski definition) is 2. The van der Waals surface area contributed by atoms with Crippen LogP contribution in [0, 0.1) is 5.92 Å². The molecule has 0 radical (unpaired) electrons. The van der Waals surface area contributed by atoms with Crippen molar-refractivity contribution in [3.63, 3.8) is 0 Å². The van der Waals surface area contributed by atoms with Crippen LogP contribution in [0.1, 0.15) is 40.5 Å². The molecule has 0 spiro atoms. The number of amides is 1. The van der Waals surface area contributed by atoms with Gasteiger partial charge in [-0.15, -0.1) is 0 Å². The minimum atomic E-state index is 0.166. The summed E-state index contributed by atoms with van der Waals surface area (Å²) in [7, 11) is 2.06. The highest BCUT2D eigenvalue weighted by Gasteiger charge is 2.10. The zero-order chi connectivity index (χ0) is 11.8. The van der Waals surface area contributed by atoms with Crippen LogP contribution in [0.15, 0.2) is 0 Å². The molecule has 15 heavy (non-hydrogen) atoms. The summed E-state index contributed by atoms with van der Waals surface area (Å²) < 4.78 is 0. The largest absolute Gasteiger partial charge is 0.353 e. The fourth-order valence-electron chi connectivity index (χ4n) is 1.28. The Morgan fingerprint density at radius 2 is 1.87 bits per heavy atom. The molecule has 1 unspecified atom stereocenters. The van der Waals surface area contributed by atoms with Gasteiger partial charge in [-0.25, -0.2) is 0 Å². The molecule has 0 aliphatic carbocycles. The third-order valence-corrected chi connectivity index (χ3v) is 2.71. The third-order valence-electron chi connectivity index (χ3n) is 2.71. The van der Waals surface area contributed by atoms with Crippen LogP contribution in [0.2, 0.25) is 0 Å². The van der Waals surface area contributed by atoms with Crippen LogP contribution in [0.3, 0.4) is 0 Å². The molecule has 0 saturated heterocycles. The Balaban J connectivity index is 3.66. The van der Waals surface area contributed by atoms with E-state index in [1.807, 2.05) is 0 Å². The van der Waals surface area contributed by atoms with Gasteiger partial charge in [0.25, 0.3) is 0 Å². The van der Waals surface area contributed by atoms with E-state index in [0.717, 1.165) is 19.5 Å². The van der Waals surface area contributed by atoms with E-state index in [0.29, 0.717) is 12.3 Å². The molecule has 0 aromatic carbocycles. The summed E-state index contributed by atoms with van der Waals surface area (Å²) in [5.74, 6) is 0.668. The first-order chi connectivity index (χ1) is 6.97. The SMILES string of the molecule is CCCN(C)CCC(=O)NC(C)C(C)C. The second-order valence-corrected chi connectivity index (χ2v) is 4.65. The van der Waals surface area contributed by atoms with Gasteiger partial charge in [0.2, 0.25) is 5.91 Å². The Morgan fingerprint density at radius 3 is 2.33 bits per heavy atom. The first-order valence-electron chi connectivity index (χ1n) is 5.95. The van der Waals surface area contributed by atoms with Gasteiger partial charge in [0.05, 0.1) is 0 Å². The zero-order valence-corrected chi connectivity index (χ0v) is 10.8. The van der Waals surface area contributed by atoms with Crippen molar-refractivity contribution < 1.29 is 4.79 Å². The second kappa shape index (κ2) is 7.69. The van der Waals surface area contributed by atoms with Gasteiger partial charge in [0, 0.05) is 19.0 Å². The minimum absolute atomic E-state index is 0.166. The van der Waals surface area contributed by atoms with Crippen LogP contribution in [-0.4, -0.2) is 37.0 Å². The Hall–Kier alpha value is -0.570. The monoisotopic (exact) mass is 214 g/mol. The van der Waals surface area contributed by atoms with Crippen LogP contribution in [-0.2, 0) is 4.79 Å². The van der Waals surface area contributed by atoms with Crippen molar-refractivity contribution in [3.8, 4) is 0 Å². The molecule has 0 aromatic rings. The molecule has 1 atom stereocenters. The van der Waals surface area contributed by atoms with E-state index in [4.69, 9.17) is 0 Å². The molecular formula is C12H26N2O. The molecule has 0 fully saturated rings. The molecule has 1 N–H and O–H groups in total. The average Bonchev–Trinajstić information content (AvgIpc) is 2.15. The number of hydrogen-bond donors (Lipinski definition) is 1. The predicted octanol–water partition coefficient (Wildman–Crippen LogP) is 1.88. The summed E-state index contributed by atoms with van der Waals surface area (Å²) in [6.45, 7) is 10.4. The maximum Gasteiger partial charge on any atom is 0.221 e.